The second kappa shape index (κ2) is 4.95. The summed E-state index contributed by atoms with van der Waals surface area (Å²) in [6.45, 7) is 0. The van der Waals surface area contributed by atoms with Crippen LogP contribution in [0.3, 0.4) is 0 Å². The molecule has 2 N–H and O–H groups in total. The number of amides is 2. The van der Waals surface area contributed by atoms with Crippen LogP contribution in [0.5, 0.6) is 0 Å². The number of rotatable bonds is 5. The number of urea groups is 1. The largest absolute Gasteiger partial charge is 0.550 e. The lowest BCUT2D eigenvalue weighted by Gasteiger charge is -2.16. The summed E-state index contributed by atoms with van der Waals surface area (Å²) in [6.07, 6.45) is 2.64. The number of thioether (sulfide) groups is 1. The van der Waals surface area contributed by atoms with Gasteiger partial charge in [0.15, 0.2) is 0 Å². The van der Waals surface area contributed by atoms with Gasteiger partial charge in [0.1, 0.15) is 0 Å². The number of carbonyl (C=O) groups is 2. The maximum atomic E-state index is 11.1. The van der Waals surface area contributed by atoms with Crippen LogP contribution in [0.4, 0.5) is 4.79 Å². The van der Waals surface area contributed by atoms with E-state index in [1.54, 1.807) is 0 Å². The third-order valence-corrected chi connectivity index (χ3v) is 4.57. The zero-order chi connectivity index (χ0) is 11.5. The Morgan fingerprint density at radius 3 is 3.00 bits per heavy atom. The summed E-state index contributed by atoms with van der Waals surface area (Å²) >= 11 is 1.85. The maximum absolute atomic E-state index is 11.1. The Balaban J connectivity index is 1.70. The molecule has 3 atom stereocenters. The molecule has 2 fully saturated rings. The molecule has 6 heteroatoms. The number of nitrogens with one attached hydrogen (secondary N) is 2. The fraction of sp³-hybridized carbons (Fsp3) is 0.800. The number of fused-ring (bicyclic) bond motifs is 1. The van der Waals surface area contributed by atoms with Gasteiger partial charge in [0.25, 0.3) is 0 Å². The molecular formula is C10H15N2O3S-. The molecule has 2 heterocycles. The fourth-order valence-electron chi connectivity index (χ4n) is 2.26. The number of hydrogen-bond acceptors (Lipinski definition) is 4. The highest BCUT2D eigenvalue weighted by Gasteiger charge is 2.42. The molecule has 2 amide bonds. The topological polar surface area (TPSA) is 81.3 Å². The van der Waals surface area contributed by atoms with Gasteiger partial charge < -0.3 is 20.5 Å². The smallest absolute Gasteiger partial charge is 0.315 e. The van der Waals surface area contributed by atoms with Gasteiger partial charge in [-0.25, -0.2) is 4.79 Å². The van der Waals surface area contributed by atoms with Gasteiger partial charge >= 0.3 is 6.03 Å². The summed E-state index contributed by atoms with van der Waals surface area (Å²) in [5.74, 6) is -0.0260. The number of unbranched alkanes of at least 4 members (excludes halogenated alkanes) is 1. The molecule has 5 nitrogen and oxygen atoms in total. The van der Waals surface area contributed by atoms with Gasteiger partial charge in [0, 0.05) is 17.0 Å². The van der Waals surface area contributed by atoms with E-state index in [1.165, 1.54) is 0 Å². The minimum Gasteiger partial charge on any atom is -0.550 e. The van der Waals surface area contributed by atoms with E-state index in [2.05, 4.69) is 10.6 Å². The van der Waals surface area contributed by atoms with Crippen molar-refractivity contribution in [2.45, 2.75) is 43.0 Å². The molecule has 2 rings (SSSR count). The van der Waals surface area contributed by atoms with Crippen molar-refractivity contribution in [3.8, 4) is 0 Å². The quantitative estimate of drug-likeness (QED) is 0.502. The van der Waals surface area contributed by atoms with Crippen LogP contribution in [0.25, 0.3) is 0 Å². The molecule has 0 aromatic rings. The number of hydrogen-bond donors (Lipinski definition) is 2. The van der Waals surface area contributed by atoms with Crippen LogP contribution in [0, 0.1) is 0 Å². The van der Waals surface area contributed by atoms with Crippen molar-refractivity contribution in [1.29, 1.82) is 0 Å². The van der Waals surface area contributed by atoms with Gasteiger partial charge in [-0.05, 0) is 19.3 Å². The maximum Gasteiger partial charge on any atom is 0.315 e. The van der Waals surface area contributed by atoms with E-state index in [9.17, 15) is 14.7 Å². The average molecular weight is 243 g/mol. The second-order valence-corrected chi connectivity index (χ2v) is 5.51. The average Bonchev–Trinajstić information content (AvgIpc) is 2.72. The van der Waals surface area contributed by atoms with Crippen LogP contribution in [-0.2, 0) is 4.79 Å². The van der Waals surface area contributed by atoms with Crippen LogP contribution < -0.4 is 15.7 Å². The van der Waals surface area contributed by atoms with E-state index in [4.69, 9.17) is 0 Å². The monoisotopic (exact) mass is 243 g/mol. The highest BCUT2D eigenvalue weighted by Crippen LogP contribution is 2.33. The highest BCUT2D eigenvalue weighted by molar-refractivity contribution is 8.00. The van der Waals surface area contributed by atoms with E-state index in [0.717, 1.165) is 18.6 Å². The normalized spacial score (nSPS) is 32.0. The standard InChI is InChI=1S/C10H16N2O3S/c13-8(14)4-2-1-3-7-9-6(5-16-7)11-10(15)12-9/h6-7,9H,1-5H2,(H,13,14)(H2,11,12,15)/p-1/t6-,7+,9+/m1/s1. The van der Waals surface area contributed by atoms with Gasteiger partial charge in [0.2, 0.25) is 0 Å². The first-order valence-electron chi connectivity index (χ1n) is 5.55. The molecule has 0 bridgehead atoms. The van der Waals surface area contributed by atoms with E-state index >= 15 is 0 Å². The number of carboxylic acids is 1. The Kier molecular flexibility index (Phi) is 3.58. The third kappa shape index (κ3) is 2.61. The zero-order valence-corrected chi connectivity index (χ0v) is 9.72. The number of aliphatic carboxylic acids is 1. The number of carbonyl (C=O) groups excluding carboxylic acids is 2. The van der Waals surface area contributed by atoms with Crippen molar-refractivity contribution in [1.82, 2.24) is 10.6 Å². The SMILES string of the molecule is O=C([O-])CCCC[C@@H]1SC[C@H]2NC(=O)N[C@H]12. The molecule has 2 saturated heterocycles. The van der Waals surface area contributed by atoms with Crippen LogP contribution in [0.15, 0.2) is 0 Å². The van der Waals surface area contributed by atoms with E-state index in [1.807, 2.05) is 11.8 Å². The first-order chi connectivity index (χ1) is 7.66. The third-order valence-electron chi connectivity index (χ3n) is 3.06. The first kappa shape index (κ1) is 11.6. The molecule has 0 aliphatic carbocycles. The lowest BCUT2D eigenvalue weighted by atomic mass is 10.0. The van der Waals surface area contributed by atoms with Gasteiger partial charge in [-0.15, -0.1) is 0 Å². The molecular weight excluding hydrogens is 228 g/mol. The van der Waals surface area contributed by atoms with Crippen molar-refractivity contribution < 1.29 is 14.7 Å². The second-order valence-electron chi connectivity index (χ2n) is 4.24. The molecule has 2 aliphatic heterocycles. The van der Waals surface area contributed by atoms with Gasteiger partial charge in [-0.1, -0.05) is 6.42 Å². The predicted octanol–water partition coefficient (Wildman–Crippen LogP) is -0.538. The molecule has 16 heavy (non-hydrogen) atoms. The molecule has 0 radical (unpaired) electrons. The Morgan fingerprint density at radius 2 is 2.25 bits per heavy atom. The van der Waals surface area contributed by atoms with Gasteiger partial charge in [0.05, 0.1) is 12.1 Å². The highest BCUT2D eigenvalue weighted by atomic mass is 32.2. The van der Waals surface area contributed by atoms with Crippen molar-refractivity contribution in [2.75, 3.05) is 5.75 Å². The molecule has 2 aliphatic rings. The lowest BCUT2D eigenvalue weighted by molar-refractivity contribution is -0.305. The minimum atomic E-state index is -0.979. The van der Waals surface area contributed by atoms with Crippen molar-refractivity contribution in [3.05, 3.63) is 0 Å². The van der Waals surface area contributed by atoms with Gasteiger partial charge in [-0.3, -0.25) is 0 Å². The Labute approximate surface area is 98.4 Å². The summed E-state index contributed by atoms with van der Waals surface area (Å²) in [5, 5.41) is 16.5. The Bertz CT molecular complexity index is 298. The molecule has 90 valence electrons. The first-order valence-corrected chi connectivity index (χ1v) is 6.60. The zero-order valence-electron chi connectivity index (χ0n) is 8.90. The van der Waals surface area contributed by atoms with Crippen molar-refractivity contribution >= 4 is 23.8 Å². The van der Waals surface area contributed by atoms with Crippen LogP contribution in [-0.4, -0.2) is 35.1 Å². The summed E-state index contributed by atoms with van der Waals surface area (Å²) in [7, 11) is 0. The summed E-state index contributed by atoms with van der Waals surface area (Å²) in [4.78, 5) is 21.3. The van der Waals surface area contributed by atoms with E-state index < -0.39 is 5.97 Å². The van der Waals surface area contributed by atoms with E-state index in [0.29, 0.717) is 11.7 Å². The van der Waals surface area contributed by atoms with Crippen LogP contribution in [0.2, 0.25) is 0 Å². The molecule has 0 unspecified atom stereocenters. The summed E-state index contributed by atoms with van der Waals surface area (Å²) < 4.78 is 0. The van der Waals surface area contributed by atoms with Gasteiger partial charge in [-0.2, -0.15) is 11.8 Å². The minimum absolute atomic E-state index is 0.0740. The summed E-state index contributed by atoms with van der Waals surface area (Å²) in [5.41, 5.74) is 0. The molecule has 0 aromatic heterocycles. The fourth-order valence-corrected chi connectivity index (χ4v) is 3.80. The molecule has 0 saturated carbocycles. The Morgan fingerprint density at radius 1 is 1.44 bits per heavy atom. The predicted molar refractivity (Wildman–Crippen MR) is 59.0 cm³/mol. The van der Waals surface area contributed by atoms with E-state index in [-0.39, 0.29) is 24.5 Å². The molecule has 0 aromatic carbocycles. The van der Waals surface area contributed by atoms with Crippen LogP contribution >= 0.6 is 11.8 Å². The molecule has 0 spiro atoms. The van der Waals surface area contributed by atoms with Crippen LogP contribution in [0.1, 0.15) is 25.7 Å². The lowest BCUT2D eigenvalue weighted by Crippen LogP contribution is -2.36. The summed E-state index contributed by atoms with van der Waals surface area (Å²) in [6, 6.07) is 0.402. The Hall–Kier alpha value is -0.910. The number of carboxylic acid groups (broad SMARTS) is 1. The van der Waals surface area contributed by atoms with Crippen molar-refractivity contribution in [3.63, 3.8) is 0 Å². The van der Waals surface area contributed by atoms with Crippen molar-refractivity contribution in [2.24, 2.45) is 0 Å².